The molecule has 0 aromatic rings. The second kappa shape index (κ2) is 6.59. The van der Waals surface area contributed by atoms with Gasteiger partial charge in [-0.2, -0.15) is 0 Å². The van der Waals surface area contributed by atoms with Crippen LogP contribution in [0, 0.1) is 0 Å². The molecule has 0 unspecified atom stereocenters. The second-order valence-electron chi connectivity index (χ2n) is 4.74. The highest BCUT2D eigenvalue weighted by atomic mass is 16.2. The average molecular weight is 241 g/mol. The lowest BCUT2D eigenvalue weighted by molar-refractivity contribution is -0.130. The van der Waals surface area contributed by atoms with Crippen molar-refractivity contribution in [2.75, 3.05) is 19.6 Å². The van der Waals surface area contributed by atoms with Crippen LogP contribution in [-0.4, -0.2) is 48.4 Å². The Morgan fingerprint density at radius 2 is 1.94 bits per heavy atom. The van der Waals surface area contributed by atoms with Gasteiger partial charge in [-0.15, -0.1) is 0 Å². The van der Waals surface area contributed by atoms with E-state index in [9.17, 15) is 9.59 Å². The second-order valence-corrected chi connectivity index (χ2v) is 4.74. The number of nitrogens with one attached hydrogen (secondary N) is 2. The summed E-state index contributed by atoms with van der Waals surface area (Å²) in [6.45, 7) is 7.01. The molecule has 2 amide bonds. The summed E-state index contributed by atoms with van der Waals surface area (Å²) < 4.78 is 0. The molecular weight excluding hydrogens is 218 g/mol. The molecule has 17 heavy (non-hydrogen) atoms. The van der Waals surface area contributed by atoms with E-state index in [1.807, 2.05) is 25.7 Å². The summed E-state index contributed by atoms with van der Waals surface area (Å²) in [6, 6.07) is 0.581. The zero-order chi connectivity index (χ0) is 12.8. The lowest BCUT2D eigenvalue weighted by Gasteiger charge is -2.20. The van der Waals surface area contributed by atoms with E-state index in [0.29, 0.717) is 6.04 Å². The van der Waals surface area contributed by atoms with Crippen molar-refractivity contribution in [1.29, 1.82) is 0 Å². The minimum atomic E-state index is -0.0673. The molecule has 0 spiro atoms. The third kappa shape index (κ3) is 5.17. The van der Waals surface area contributed by atoms with Crippen LogP contribution in [0.15, 0.2) is 0 Å². The van der Waals surface area contributed by atoms with Crippen LogP contribution >= 0.6 is 0 Å². The third-order valence-corrected chi connectivity index (χ3v) is 2.66. The maximum atomic E-state index is 11.8. The number of hydrogen-bond donors (Lipinski definition) is 2. The van der Waals surface area contributed by atoms with Crippen LogP contribution in [0.2, 0.25) is 0 Å². The Bertz CT molecular complexity index is 275. The molecule has 0 aromatic carbocycles. The molecule has 5 nitrogen and oxygen atoms in total. The van der Waals surface area contributed by atoms with Gasteiger partial charge in [0, 0.05) is 18.6 Å². The molecule has 0 heterocycles. The number of hydrogen-bond acceptors (Lipinski definition) is 3. The molecule has 0 bridgehead atoms. The third-order valence-electron chi connectivity index (χ3n) is 2.66. The molecule has 1 saturated carbocycles. The Kier molecular flexibility index (Phi) is 5.41. The van der Waals surface area contributed by atoms with E-state index >= 15 is 0 Å². The number of nitrogens with zero attached hydrogens (tertiary/aromatic N) is 1. The maximum absolute atomic E-state index is 11.8. The van der Waals surface area contributed by atoms with Gasteiger partial charge < -0.3 is 10.2 Å². The van der Waals surface area contributed by atoms with Crippen molar-refractivity contribution in [3.63, 3.8) is 0 Å². The standard InChI is InChI=1S/C12H23N3O2/c1-4-15(10-5-6-10)12(17)8-13-7-11(16)14-9(2)3/h9-10,13H,4-8H2,1-3H3,(H,14,16). The Balaban J connectivity index is 2.16. The summed E-state index contributed by atoms with van der Waals surface area (Å²) >= 11 is 0. The van der Waals surface area contributed by atoms with Gasteiger partial charge in [0.05, 0.1) is 13.1 Å². The highest BCUT2D eigenvalue weighted by Gasteiger charge is 2.30. The first-order valence-corrected chi connectivity index (χ1v) is 6.34. The van der Waals surface area contributed by atoms with E-state index in [2.05, 4.69) is 10.6 Å². The van der Waals surface area contributed by atoms with Gasteiger partial charge in [-0.25, -0.2) is 0 Å². The molecule has 98 valence electrons. The largest absolute Gasteiger partial charge is 0.353 e. The van der Waals surface area contributed by atoms with Gasteiger partial charge in [0.25, 0.3) is 0 Å². The van der Waals surface area contributed by atoms with Crippen molar-refractivity contribution in [2.24, 2.45) is 0 Å². The summed E-state index contributed by atoms with van der Waals surface area (Å²) in [6.07, 6.45) is 2.24. The Morgan fingerprint density at radius 3 is 2.41 bits per heavy atom. The smallest absolute Gasteiger partial charge is 0.236 e. The van der Waals surface area contributed by atoms with Crippen LogP contribution in [0.1, 0.15) is 33.6 Å². The van der Waals surface area contributed by atoms with Crippen LogP contribution in [0.3, 0.4) is 0 Å². The number of amides is 2. The summed E-state index contributed by atoms with van der Waals surface area (Å²) in [5.74, 6) is 0.0228. The Labute approximate surface area is 103 Å². The average Bonchev–Trinajstić information content (AvgIpc) is 3.01. The van der Waals surface area contributed by atoms with Crippen molar-refractivity contribution in [3.05, 3.63) is 0 Å². The molecule has 0 radical (unpaired) electrons. The van der Waals surface area contributed by atoms with Gasteiger partial charge in [-0.1, -0.05) is 0 Å². The lowest BCUT2D eigenvalue weighted by Crippen LogP contribution is -2.43. The van der Waals surface area contributed by atoms with Crippen molar-refractivity contribution in [2.45, 2.75) is 45.7 Å². The predicted octanol–water partition coefficient (Wildman–Crippen LogP) is 0.112. The molecule has 1 aliphatic carbocycles. The topological polar surface area (TPSA) is 61.4 Å². The molecule has 2 N–H and O–H groups in total. The molecule has 0 aromatic heterocycles. The Morgan fingerprint density at radius 1 is 1.29 bits per heavy atom. The number of likely N-dealkylation sites (N-methyl/N-ethyl adjacent to an activating group) is 1. The molecule has 5 heteroatoms. The fourth-order valence-corrected chi connectivity index (χ4v) is 1.78. The number of rotatable bonds is 7. The van der Waals surface area contributed by atoms with E-state index in [0.717, 1.165) is 19.4 Å². The first-order valence-electron chi connectivity index (χ1n) is 6.34. The quantitative estimate of drug-likeness (QED) is 0.665. The van der Waals surface area contributed by atoms with E-state index in [4.69, 9.17) is 0 Å². The highest BCUT2D eigenvalue weighted by molar-refractivity contribution is 5.81. The van der Waals surface area contributed by atoms with Crippen LogP contribution < -0.4 is 10.6 Å². The first-order chi connectivity index (χ1) is 8.04. The van der Waals surface area contributed by atoms with Gasteiger partial charge in [0.2, 0.25) is 11.8 Å². The van der Waals surface area contributed by atoms with Gasteiger partial charge in [0.1, 0.15) is 0 Å². The number of carbonyl (C=O) groups excluding carboxylic acids is 2. The Hall–Kier alpha value is -1.10. The zero-order valence-electron chi connectivity index (χ0n) is 11.0. The van der Waals surface area contributed by atoms with E-state index in [1.165, 1.54) is 0 Å². The van der Waals surface area contributed by atoms with E-state index < -0.39 is 0 Å². The maximum Gasteiger partial charge on any atom is 0.236 e. The summed E-state index contributed by atoms with van der Waals surface area (Å²) in [5.41, 5.74) is 0. The van der Waals surface area contributed by atoms with Crippen molar-refractivity contribution in [1.82, 2.24) is 15.5 Å². The van der Waals surface area contributed by atoms with Gasteiger partial charge in [0.15, 0.2) is 0 Å². The van der Waals surface area contributed by atoms with Crippen LogP contribution in [-0.2, 0) is 9.59 Å². The van der Waals surface area contributed by atoms with Gasteiger partial charge in [-0.3, -0.25) is 14.9 Å². The van der Waals surface area contributed by atoms with Gasteiger partial charge >= 0.3 is 0 Å². The fourth-order valence-electron chi connectivity index (χ4n) is 1.78. The highest BCUT2D eigenvalue weighted by Crippen LogP contribution is 2.26. The van der Waals surface area contributed by atoms with Crippen molar-refractivity contribution in [3.8, 4) is 0 Å². The fraction of sp³-hybridized carbons (Fsp3) is 0.833. The molecule has 1 aliphatic rings. The molecular formula is C12H23N3O2. The van der Waals surface area contributed by atoms with E-state index in [-0.39, 0.29) is 30.9 Å². The number of carbonyl (C=O) groups is 2. The zero-order valence-corrected chi connectivity index (χ0v) is 11.0. The minimum absolute atomic E-state index is 0.0673. The summed E-state index contributed by atoms with van der Waals surface area (Å²) in [7, 11) is 0. The SMILES string of the molecule is CCN(C(=O)CNCC(=O)NC(C)C)C1CC1. The van der Waals surface area contributed by atoms with Gasteiger partial charge in [-0.05, 0) is 33.6 Å². The van der Waals surface area contributed by atoms with Crippen LogP contribution in [0.5, 0.6) is 0 Å². The molecule has 0 atom stereocenters. The first kappa shape index (κ1) is 14.0. The van der Waals surface area contributed by atoms with E-state index in [1.54, 1.807) is 0 Å². The summed E-state index contributed by atoms with van der Waals surface area (Å²) in [4.78, 5) is 25.0. The molecule has 1 rings (SSSR count). The molecule has 0 aliphatic heterocycles. The van der Waals surface area contributed by atoms with Crippen LogP contribution in [0.4, 0.5) is 0 Å². The minimum Gasteiger partial charge on any atom is -0.353 e. The van der Waals surface area contributed by atoms with Crippen LogP contribution in [0.25, 0.3) is 0 Å². The monoisotopic (exact) mass is 241 g/mol. The predicted molar refractivity (Wildman–Crippen MR) is 66.6 cm³/mol. The lowest BCUT2D eigenvalue weighted by atomic mass is 10.4. The normalized spacial score (nSPS) is 14.8. The van der Waals surface area contributed by atoms with Crippen molar-refractivity contribution < 1.29 is 9.59 Å². The molecule has 0 saturated heterocycles. The summed E-state index contributed by atoms with van der Waals surface area (Å²) in [5, 5.41) is 5.65. The molecule has 1 fully saturated rings. The van der Waals surface area contributed by atoms with Crippen molar-refractivity contribution >= 4 is 11.8 Å².